The van der Waals surface area contributed by atoms with Crippen molar-refractivity contribution < 1.29 is 49.4 Å². The predicted octanol–water partition coefficient (Wildman–Crippen LogP) is 2.25. The summed E-state index contributed by atoms with van der Waals surface area (Å²) in [5, 5.41) is 67.4. The van der Waals surface area contributed by atoms with Gasteiger partial charge in [-0.15, -0.1) is 0 Å². The highest BCUT2D eigenvalue weighted by atomic mass is 19.1. The minimum absolute atomic E-state index is 0.105. The number of β-lactam (4-membered cyclic amide) rings is 1. The van der Waals surface area contributed by atoms with E-state index in [4.69, 9.17) is 4.74 Å². The first-order valence-electron chi connectivity index (χ1n) is 17.1. The van der Waals surface area contributed by atoms with Crippen LogP contribution in [0.1, 0.15) is 66.4 Å². The Morgan fingerprint density at radius 1 is 0.904 bits per heavy atom. The number of amides is 1. The third-order valence-corrected chi connectivity index (χ3v) is 9.84. The van der Waals surface area contributed by atoms with Gasteiger partial charge >= 0.3 is 5.97 Å². The molecule has 0 bridgehead atoms. The van der Waals surface area contributed by atoms with Crippen molar-refractivity contribution in [3.63, 3.8) is 0 Å². The van der Waals surface area contributed by atoms with Crippen molar-refractivity contribution in [3.8, 4) is 0 Å². The summed E-state index contributed by atoms with van der Waals surface area (Å²) >= 11 is 0. The Balaban J connectivity index is 1.36. The number of aromatic nitrogens is 3. The van der Waals surface area contributed by atoms with Crippen LogP contribution in [0.25, 0.3) is 0 Å². The number of aromatic amines is 1. The molecule has 1 saturated heterocycles. The van der Waals surface area contributed by atoms with Gasteiger partial charge in [0.1, 0.15) is 41.4 Å². The number of aryl methyl sites for hydroxylation is 3. The zero-order chi connectivity index (χ0) is 37.5. The van der Waals surface area contributed by atoms with Crippen molar-refractivity contribution in [3.05, 3.63) is 113 Å². The number of aliphatic hydroxyl groups excluding tert-OH is 4. The fourth-order valence-corrected chi connectivity index (χ4v) is 6.71. The number of anilines is 1. The van der Waals surface area contributed by atoms with E-state index in [-0.39, 0.29) is 24.8 Å². The lowest BCUT2D eigenvalue weighted by molar-refractivity contribution is -0.212. The molecular weight excluding hydrogens is 675 g/mol. The molecule has 1 aromatic heterocycles. The van der Waals surface area contributed by atoms with E-state index < -0.39 is 60.9 Å². The van der Waals surface area contributed by atoms with Crippen molar-refractivity contribution in [2.75, 3.05) is 24.7 Å². The van der Waals surface area contributed by atoms with Gasteiger partial charge in [0.25, 0.3) is 0 Å². The number of H-pyrrole nitrogens is 1. The minimum Gasteiger partial charge on any atom is -0.458 e. The number of nitrogens with one attached hydrogen (secondary N) is 1. The van der Waals surface area contributed by atoms with Gasteiger partial charge in [-0.2, -0.15) is 5.10 Å². The van der Waals surface area contributed by atoms with Crippen LogP contribution in [0.4, 0.5) is 10.1 Å². The fourth-order valence-electron chi connectivity index (χ4n) is 6.71. The van der Waals surface area contributed by atoms with Crippen LogP contribution < -0.4 is 4.90 Å². The summed E-state index contributed by atoms with van der Waals surface area (Å²) in [5.74, 6) is -0.720. The zero-order valence-electron chi connectivity index (χ0n) is 28.8. The molecule has 1 amide bonds. The normalized spacial score (nSPS) is 18.4. The number of hydrogen-bond acceptors (Lipinski definition) is 11. The molecule has 1 fully saturated rings. The summed E-state index contributed by atoms with van der Waals surface area (Å²) < 4.78 is 19.2. The Hall–Kier alpha value is -4.57. The topological polar surface area (TPSA) is 210 Å². The smallest absolute Gasteiger partial charge is 0.303 e. The molecule has 4 aromatic rings. The molecule has 0 radical (unpaired) electrons. The first-order chi connectivity index (χ1) is 24.9. The number of carbonyl (C=O) groups is 2. The Kier molecular flexibility index (Phi) is 12.5. The van der Waals surface area contributed by atoms with Gasteiger partial charge in [-0.1, -0.05) is 48.5 Å². The van der Waals surface area contributed by atoms with E-state index in [1.165, 1.54) is 25.4 Å². The molecule has 4 unspecified atom stereocenters. The molecule has 5 atom stereocenters. The largest absolute Gasteiger partial charge is 0.458 e. The Bertz CT molecular complexity index is 1750. The maximum atomic E-state index is 13.9. The van der Waals surface area contributed by atoms with E-state index >= 15 is 0 Å². The standard InChI is InChI=1S/C38H45FN4O9/c1-24(47)52-32(27-9-11-29(39)12-10-27)16-15-31-34(43(35(31)48)30-13-4-25(5-14-30)6-17-33-40-23-41-42-33)28-7-2-26(3-8-28)18-19-37(50,20-44)36(49)38(51,21-45)22-46/h2-5,7-14,23,31-32,34,36,44-46,49-51H,6,15-22H2,1H3,(H,40,41,42)/t31?,32-,34?,36?,37?/m0/s1. The highest BCUT2D eigenvalue weighted by Gasteiger charge is 2.49. The lowest BCUT2D eigenvalue weighted by Gasteiger charge is -2.48. The molecule has 7 N–H and O–H groups in total. The van der Waals surface area contributed by atoms with Crippen molar-refractivity contribution in [2.24, 2.45) is 5.92 Å². The number of halogens is 1. The molecule has 0 saturated carbocycles. The summed E-state index contributed by atoms with van der Waals surface area (Å²) in [5.41, 5.74) is -0.723. The highest BCUT2D eigenvalue weighted by molar-refractivity contribution is 6.03. The van der Waals surface area contributed by atoms with Crippen molar-refractivity contribution in [1.29, 1.82) is 0 Å². The third kappa shape index (κ3) is 8.72. The second-order valence-corrected chi connectivity index (χ2v) is 13.4. The Morgan fingerprint density at radius 2 is 1.52 bits per heavy atom. The molecule has 0 aliphatic carbocycles. The van der Waals surface area contributed by atoms with Crippen LogP contribution in [0, 0.1) is 11.7 Å². The van der Waals surface area contributed by atoms with Crippen LogP contribution in [0.3, 0.4) is 0 Å². The third-order valence-electron chi connectivity index (χ3n) is 9.84. The molecule has 2 heterocycles. The van der Waals surface area contributed by atoms with E-state index in [1.54, 1.807) is 29.2 Å². The van der Waals surface area contributed by atoms with Gasteiger partial charge in [0.05, 0.1) is 31.8 Å². The molecule has 13 nitrogen and oxygen atoms in total. The highest BCUT2D eigenvalue weighted by Crippen LogP contribution is 2.47. The maximum absolute atomic E-state index is 13.9. The number of esters is 1. The van der Waals surface area contributed by atoms with Crippen LogP contribution in [-0.4, -0.2) is 94.8 Å². The second-order valence-electron chi connectivity index (χ2n) is 13.4. The number of carbonyl (C=O) groups excluding carboxylic acids is 2. The second kappa shape index (κ2) is 16.8. The van der Waals surface area contributed by atoms with Crippen molar-refractivity contribution in [1.82, 2.24) is 15.2 Å². The van der Waals surface area contributed by atoms with Crippen LogP contribution in [0.15, 0.2) is 79.1 Å². The SMILES string of the molecule is CC(=O)O[C@@H](CCC1C(=O)N(c2ccc(CCc3ncn[nH]3)cc2)C1c1ccc(CCC(O)(CO)C(O)C(O)(CO)CO)cc1)c1ccc(F)cc1. The van der Waals surface area contributed by atoms with Gasteiger partial charge in [-0.05, 0) is 78.6 Å². The maximum Gasteiger partial charge on any atom is 0.303 e. The van der Waals surface area contributed by atoms with E-state index in [1.807, 2.05) is 36.4 Å². The monoisotopic (exact) mass is 720 g/mol. The van der Waals surface area contributed by atoms with Crippen LogP contribution in [0.2, 0.25) is 0 Å². The predicted molar refractivity (Wildman–Crippen MR) is 186 cm³/mol. The van der Waals surface area contributed by atoms with Crippen molar-refractivity contribution in [2.45, 2.75) is 74.9 Å². The number of aliphatic hydroxyl groups is 6. The van der Waals surface area contributed by atoms with Crippen LogP contribution in [0.5, 0.6) is 0 Å². The summed E-state index contributed by atoms with van der Waals surface area (Å²) in [6, 6.07) is 20.3. The van der Waals surface area contributed by atoms with Gasteiger partial charge in [-0.25, -0.2) is 9.37 Å². The lowest BCUT2D eigenvalue weighted by atomic mass is 9.77. The van der Waals surface area contributed by atoms with Crippen LogP contribution in [-0.2, 0) is 33.6 Å². The number of hydrogen-bond donors (Lipinski definition) is 7. The molecule has 1 aliphatic rings. The summed E-state index contributed by atoms with van der Waals surface area (Å²) in [7, 11) is 0. The van der Waals surface area contributed by atoms with Gasteiger partial charge < -0.3 is 40.3 Å². The molecule has 0 spiro atoms. The Labute approximate surface area is 300 Å². The summed E-state index contributed by atoms with van der Waals surface area (Å²) in [6.07, 6.45) is 0.793. The van der Waals surface area contributed by atoms with Gasteiger partial charge in [-0.3, -0.25) is 14.7 Å². The number of ether oxygens (including phenoxy) is 1. The number of benzene rings is 3. The average Bonchev–Trinajstić information content (AvgIpc) is 3.69. The lowest BCUT2D eigenvalue weighted by Crippen LogP contribution is -2.62. The summed E-state index contributed by atoms with van der Waals surface area (Å²) in [4.78, 5) is 31.7. The molecule has 14 heteroatoms. The zero-order valence-corrected chi connectivity index (χ0v) is 28.8. The quantitative estimate of drug-likeness (QED) is 0.0586. The number of nitrogens with zero attached hydrogens (tertiary/aromatic N) is 3. The molecule has 3 aromatic carbocycles. The van der Waals surface area contributed by atoms with Gasteiger partial charge in [0.2, 0.25) is 5.91 Å². The summed E-state index contributed by atoms with van der Waals surface area (Å²) in [6.45, 7) is -1.69. The van der Waals surface area contributed by atoms with E-state index in [0.717, 1.165) is 28.9 Å². The minimum atomic E-state index is -2.42. The van der Waals surface area contributed by atoms with E-state index in [2.05, 4.69) is 15.2 Å². The van der Waals surface area contributed by atoms with Gasteiger partial charge in [0, 0.05) is 19.0 Å². The first-order valence-corrected chi connectivity index (χ1v) is 17.1. The first kappa shape index (κ1) is 38.7. The Morgan fingerprint density at radius 3 is 2.10 bits per heavy atom. The van der Waals surface area contributed by atoms with E-state index in [9.17, 15) is 44.6 Å². The molecule has 1 aliphatic heterocycles. The van der Waals surface area contributed by atoms with Crippen molar-refractivity contribution >= 4 is 17.6 Å². The molecule has 52 heavy (non-hydrogen) atoms. The molecule has 5 rings (SSSR count). The number of rotatable bonds is 18. The average molecular weight is 721 g/mol. The van der Waals surface area contributed by atoms with Gasteiger partial charge in [0.15, 0.2) is 0 Å². The molecule has 278 valence electrons. The fraction of sp³-hybridized carbons (Fsp3) is 0.421. The van der Waals surface area contributed by atoms with Crippen LogP contribution >= 0.6 is 0 Å². The van der Waals surface area contributed by atoms with E-state index in [0.29, 0.717) is 30.5 Å². The molecular formula is C38H45FN4O9.